The van der Waals surface area contributed by atoms with Gasteiger partial charge in [-0.3, -0.25) is 9.59 Å². The third-order valence-corrected chi connectivity index (χ3v) is 5.74. The van der Waals surface area contributed by atoms with Crippen LogP contribution in [-0.2, 0) is 10.9 Å². The first-order valence-corrected chi connectivity index (χ1v) is 11.3. The minimum absolute atomic E-state index is 0.000439. The number of halogens is 4. The fraction of sp³-hybridized carbons (Fsp3) is 0.259. The zero-order chi connectivity index (χ0) is 25.8. The highest BCUT2D eigenvalue weighted by molar-refractivity contribution is 6.34. The molecular weight excluding hydrogens is 479 g/mol. The lowest BCUT2D eigenvalue weighted by Crippen LogP contribution is -2.15. The highest BCUT2D eigenvalue weighted by Gasteiger charge is 2.31. The molecule has 0 bridgehead atoms. The minimum Gasteiger partial charge on any atom is -0.384 e. The quantitative estimate of drug-likeness (QED) is 0.325. The smallest absolute Gasteiger partial charge is 0.384 e. The number of rotatable bonds is 8. The van der Waals surface area contributed by atoms with Gasteiger partial charge >= 0.3 is 6.18 Å². The van der Waals surface area contributed by atoms with Crippen molar-refractivity contribution in [1.82, 2.24) is 0 Å². The number of methoxy groups -OCH3 is 1. The van der Waals surface area contributed by atoms with Gasteiger partial charge in [-0.15, -0.1) is 0 Å². The molecule has 0 aliphatic carbocycles. The monoisotopic (exact) mass is 503 g/mol. The number of carbonyl (C=O) groups excluding carboxylic acids is 2. The van der Waals surface area contributed by atoms with Gasteiger partial charge in [0.1, 0.15) is 0 Å². The standard InChI is InChI=1S/C27H25ClF3NO3/c1-16-4-6-18(7-5-16)19-11-20(25(33)10-17(2)15-35-3)13-22(12-19)32-26(34)23-9-8-21(14-24(23)28)27(29,30)31/h4-9,11-14,17H,10,15H2,1-3H3,(H,32,34). The molecule has 1 unspecified atom stereocenters. The maximum Gasteiger partial charge on any atom is 0.416 e. The summed E-state index contributed by atoms with van der Waals surface area (Å²) in [5.74, 6) is -0.804. The van der Waals surface area contributed by atoms with E-state index in [1.807, 2.05) is 38.1 Å². The summed E-state index contributed by atoms with van der Waals surface area (Å²) in [4.78, 5) is 25.8. The van der Waals surface area contributed by atoms with Crippen LogP contribution < -0.4 is 5.32 Å². The summed E-state index contributed by atoms with van der Waals surface area (Å²) in [5.41, 5.74) is 2.30. The Bertz CT molecular complexity index is 1220. The summed E-state index contributed by atoms with van der Waals surface area (Å²) in [6, 6.07) is 15.2. The van der Waals surface area contributed by atoms with Crippen molar-refractivity contribution in [1.29, 1.82) is 0 Å². The van der Waals surface area contributed by atoms with Gasteiger partial charge in [0.2, 0.25) is 0 Å². The Balaban J connectivity index is 1.95. The van der Waals surface area contributed by atoms with Crippen molar-refractivity contribution < 1.29 is 27.5 Å². The maximum absolute atomic E-state index is 13.0. The van der Waals surface area contributed by atoms with E-state index < -0.39 is 17.6 Å². The van der Waals surface area contributed by atoms with Crippen molar-refractivity contribution in [3.8, 4) is 11.1 Å². The maximum atomic E-state index is 13.0. The lowest BCUT2D eigenvalue weighted by Gasteiger charge is -2.14. The zero-order valence-electron chi connectivity index (χ0n) is 19.5. The average molecular weight is 504 g/mol. The average Bonchev–Trinajstić information content (AvgIpc) is 2.78. The molecule has 3 aromatic carbocycles. The molecule has 0 saturated heterocycles. The van der Waals surface area contributed by atoms with Gasteiger partial charge in [-0.2, -0.15) is 13.2 Å². The first kappa shape index (κ1) is 26.4. The number of Topliss-reactive ketones (excluding diaryl/α,β-unsaturated/α-hetero) is 1. The molecular formula is C27H25ClF3NO3. The Morgan fingerprint density at radius 2 is 1.69 bits per heavy atom. The molecule has 0 saturated carbocycles. The molecule has 0 radical (unpaired) electrons. The van der Waals surface area contributed by atoms with Crippen molar-refractivity contribution in [2.24, 2.45) is 5.92 Å². The topological polar surface area (TPSA) is 55.4 Å². The van der Waals surface area contributed by atoms with Crippen LogP contribution in [0.4, 0.5) is 18.9 Å². The van der Waals surface area contributed by atoms with Crippen LogP contribution in [0.25, 0.3) is 11.1 Å². The van der Waals surface area contributed by atoms with Gasteiger partial charge in [0, 0.05) is 31.4 Å². The van der Waals surface area contributed by atoms with E-state index in [0.717, 1.165) is 23.3 Å². The van der Waals surface area contributed by atoms with Gasteiger partial charge in [-0.1, -0.05) is 48.4 Å². The molecule has 0 aliphatic heterocycles. The number of benzene rings is 3. The van der Waals surface area contributed by atoms with E-state index in [9.17, 15) is 22.8 Å². The van der Waals surface area contributed by atoms with E-state index in [2.05, 4.69) is 5.32 Å². The van der Waals surface area contributed by atoms with Crippen molar-refractivity contribution >= 4 is 29.0 Å². The van der Waals surface area contributed by atoms with Crippen LogP contribution >= 0.6 is 11.6 Å². The first-order valence-electron chi connectivity index (χ1n) is 10.9. The molecule has 1 N–H and O–H groups in total. The molecule has 0 aromatic heterocycles. The van der Waals surface area contributed by atoms with Crippen LogP contribution in [-0.4, -0.2) is 25.4 Å². The van der Waals surface area contributed by atoms with Crippen molar-refractivity contribution in [2.75, 3.05) is 19.0 Å². The molecule has 4 nitrogen and oxygen atoms in total. The summed E-state index contributed by atoms with van der Waals surface area (Å²) < 4.78 is 43.9. The minimum atomic E-state index is -4.57. The molecule has 184 valence electrons. The number of amides is 1. The molecule has 8 heteroatoms. The highest BCUT2D eigenvalue weighted by Crippen LogP contribution is 2.33. The molecule has 35 heavy (non-hydrogen) atoms. The number of hydrogen-bond acceptors (Lipinski definition) is 3. The fourth-order valence-electron chi connectivity index (χ4n) is 3.63. The molecule has 3 aromatic rings. The van der Waals surface area contributed by atoms with Crippen LogP contribution in [0.15, 0.2) is 60.7 Å². The van der Waals surface area contributed by atoms with E-state index in [4.69, 9.17) is 16.3 Å². The third-order valence-electron chi connectivity index (χ3n) is 5.42. The van der Waals surface area contributed by atoms with Gasteiger partial charge in [0.15, 0.2) is 5.78 Å². The van der Waals surface area contributed by atoms with E-state index >= 15 is 0 Å². The molecule has 0 heterocycles. The lowest BCUT2D eigenvalue weighted by molar-refractivity contribution is -0.137. The molecule has 1 atom stereocenters. The fourth-order valence-corrected chi connectivity index (χ4v) is 3.89. The Labute approximate surface area is 207 Å². The summed E-state index contributed by atoms with van der Waals surface area (Å²) >= 11 is 5.98. The summed E-state index contributed by atoms with van der Waals surface area (Å²) in [6.07, 6.45) is -4.32. The number of ether oxygens (including phenoxy) is 1. The number of hydrogen-bond donors (Lipinski definition) is 1. The second-order valence-corrected chi connectivity index (χ2v) is 8.91. The van der Waals surface area contributed by atoms with Gasteiger partial charge < -0.3 is 10.1 Å². The number of anilines is 1. The Hall–Kier alpha value is -3.16. The molecule has 0 fully saturated rings. The van der Waals surface area contributed by atoms with Gasteiger partial charge in [0.05, 0.1) is 16.1 Å². The SMILES string of the molecule is COCC(C)CC(=O)c1cc(NC(=O)c2ccc(C(F)(F)F)cc2Cl)cc(-c2ccc(C)cc2)c1. The molecule has 0 aliphatic rings. The molecule has 1 amide bonds. The number of ketones is 1. The summed E-state index contributed by atoms with van der Waals surface area (Å²) in [5, 5.41) is 2.35. The second kappa shape index (κ2) is 11.1. The normalized spacial score (nSPS) is 12.3. The lowest BCUT2D eigenvalue weighted by atomic mass is 9.95. The predicted molar refractivity (Wildman–Crippen MR) is 131 cm³/mol. The predicted octanol–water partition coefficient (Wildman–Crippen LogP) is 7.44. The van der Waals surface area contributed by atoms with Crippen molar-refractivity contribution in [3.05, 3.63) is 87.9 Å². The number of aryl methyl sites for hydroxylation is 1. The van der Waals surface area contributed by atoms with Crippen LogP contribution in [0.2, 0.25) is 5.02 Å². The Morgan fingerprint density at radius 3 is 2.29 bits per heavy atom. The third kappa shape index (κ3) is 6.93. The highest BCUT2D eigenvalue weighted by atomic mass is 35.5. The van der Waals surface area contributed by atoms with Gasteiger partial charge in [0.25, 0.3) is 5.91 Å². The molecule has 3 rings (SSSR count). The van der Waals surface area contributed by atoms with E-state index in [1.54, 1.807) is 25.3 Å². The summed E-state index contributed by atoms with van der Waals surface area (Å²) in [7, 11) is 1.57. The van der Waals surface area contributed by atoms with Crippen molar-refractivity contribution in [2.45, 2.75) is 26.4 Å². The van der Waals surface area contributed by atoms with E-state index in [1.165, 1.54) is 0 Å². The summed E-state index contributed by atoms with van der Waals surface area (Å²) in [6.45, 7) is 4.29. The number of nitrogens with one attached hydrogen (secondary N) is 1. The Morgan fingerprint density at radius 1 is 1.00 bits per heavy atom. The molecule has 0 spiro atoms. The van der Waals surface area contributed by atoms with Gasteiger partial charge in [-0.05, 0) is 60.4 Å². The van der Waals surface area contributed by atoms with Crippen LogP contribution in [0.5, 0.6) is 0 Å². The zero-order valence-corrected chi connectivity index (χ0v) is 20.3. The van der Waals surface area contributed by atoms with Crippen LogP contribution in [0, 0.1) is 12.8 Å². The van der Waals surface area contributed by atoms with Crippen LogP contribution in [0.3, 0.4) is 0 Å². The van der Waals surface area contributed by atoms with Crippen LogP contribution in [0.1, 0.15) is 45.2 Å². The number of carbonyl (C=O) groups is 2. The van der Waals surface area contributed by atoms with Crippen molar-refractivity contribution in [3.63, 3.8) is 0 Å². The first-order chi connectivity index (χ1) is 16.5. The van der Waals surface area contributed by atoms with E-state index in [0.29, 0.717) is 29.5 Å². The van der Waals surface area contributed by atoms with E-state index in [-0.39, 0.29) is 28.7 Å². The Kier molecular flexibility index (Phi) is 8.35. The number of alkyl halides is 3. The van der Waals surface area contributed by atoms with Gasteiger partial charge in [-0.25, -0.2) is 0 Å². The second-order valence-electron chi connectivity index (χ2n) is 8.50. The largest absolute Gasteiger partial charge is 0.416 e.